The zero-order valence-electron chi connectivity index (χ0n) is 13.8. The molecule has 0 aromatic heterocycles. The monoisotopic (exact) mass is 323 g/mol. The van der Waals surface area contributed by atoms with Gasteiger partial charge in [-0.15, -0.1) is 0 Å². The summed E-state index contributed by atoms with van der Waals surface area (Å²) in [7, 11) is 0. The number of nitrogens with one attached hydrogen (secondary N) is 2. The van der Waals surface area contributed by atoms with Gasteiger partial charge in [0.05, 0.1) is 0 Å². The van der Waals surface area contributed by atoms with E-state index in [1.807, 2.05) is 45.0 Å². The second-order valence-corrected chi connectivity index (χ2v) is 7.25. The molecule has 0 radical (unpaired) electrons. The summed E-state index contributed by atoms with van der Waals surface area (Å²) in [6.07, 6.45) is -0.410. The van der Waals surface area contributed by atoms with Crippen LogP contribution in [0.25, 0.3) is 0 Å². The molecule has 1 rings (SSSR count). The SMILES string of the molecule is CC(C)(C)OC(=O)NCC(C)(C)c1ccc(NC(N)=S)cc1. The topological polar surface area (TPSA) is 76.4 Å². The highest BCUT2D eigenvalue weighted by atomic mass is 32.1. The molecule has 0 aliphatic heterocycles. The second-order valence-electron chi connectivity index (χ2n) is 6.81. The summed E-state index contributed by atoms with van der Waals surface area (Å²) in [5, 5.41) is 5.92. The fourth-order valence-electron chi connectivity index (χ4n) is 1.86. The molecule has 22 heavy (non-hydrogen) atoms. The molecular weight excluding hydrogens is 298 g/mol. The van der Waals surface area contributed by atoms with E-state index in [4.69, 9.17) is 22.7 Å². The summed E-state index contributed by atoms with van der Waals surface area (Å²) < 4.78 is 5.24. The van der Waals surface area contributed by atoms with Crippen LogP contribution in [0.4, 0.5) is 10.5 Å². The lowest BCUT2D eigenvalue weighted by Gasteiger charge is -2.27. The quantitative estimate of drug-likeness (QED) is 0.742. The minimum atomic E-state index is -0.498. The first-order valence-electron chi connectivity index (χ1n) is 7.13. The van der Waals surface area contributed by atoms with Gasteiger partial charge in [-0.05, 0) is 50.7 Å². The fraction of sp³-hybridized carbons (Fsp3) is 0.500. The third-order valence-corrected chi connectivity index (χ3v) is 3.11. The van der Waals surface area contributed by atoms with Crippen molar-refractivity contribution in [1.82, 2.24) is 5.32 Å². The predicted octanol–water partition coefficient (Wildman–Crippen LogP) is 3.14. The van der Waals surface area contributed by atoms with E-state index in [0.29, 0.717) is 6.54 Å². The van der Waals surface area contributed by atoms with Crippen LogP contribution in [-0.2, 0) is 10.2 Å². The first-order chi connectivity index (χ1) is 9.99. The Bertz CT molecular complexity index is 533. The van der Waals surface area contributed by atoms with E-state index in [2.05, 4.69) is 24.5 Å². The van der Waals surface area contributed by atoms with Gasteiger partial charge in [0.1, 0.15) is 5.60 Å². The molecule has 1 aromatic rings. The van der Waals surface area contributed by atoms with Gasteiger partial charge in [-0.3, -0.25) is 0 Å². The van der Waals surface area contributed by atoms with Crippen LogP contribution in [0.15, 0.2) is 24.3 Å². The number of carbonyl (C=O) groups excluding carboxylic acids is 1. The average Bonchev–Trinajstić information content (AvgIpc) is 2.34. The van der Waals surface area contributed by atoms with Crippen LogP contribution in [0.2, 0.25) is 0 Å². The molecule has 4 N–H and O–H groups in total. The minimum Gasteiger partial charge on any atom is -0.444 e. The third kappa shape index (κ3) is 6.30. The van der Waals surface area contributed by atoms with Crippen molar-refractivity contribution in [3.05, 3.63) is 29.8 Å². The van der Waals surface area contributed by atoms with E-state index in [1.165, 1.54) is 0 Å². The standard InChI is InChI=1S/C16H25N3O2S/c1-15(2,3)21-14(20)18-10-16(4,5)11-6-8-12(9-7-11)19-13(17)22/h6-9H,10H2,1-5H3,(H,18,20)(H3,17,19,22). The van der Waals surface area contributed by atoms with Gasteiger partial charge >= 0.3 is 6.09 Å². The summed E-state index contributed by atoms with van der Waals surface area (Å²) in [4.78, 5) is 11.7. The smallest absolute Gasteiger partial charge is 0.407 e. The Labute approximate surface area is 137 Å². The number of amides is 1. The first kappa shape index (κ1) is 18.2. The van der Waals surface area contributed by atoms with Crippen molar-refractivity contribution in [3.63, 3.8) is 0 Å². The lowest BCUT2D eigenvalue weighted by atomic mass is 9.84. The normalized spacial score (nSPS) is 11.7. The van der Waals surface area contributed by atoms with Gasteiger partial charge in [0.25, 0.3) is 0 Å². The highest BCUT2D eigenvalue weighted by Gasteiger charge is 2.23. The largest absolute Gasteiger partial charge is 0.444 e. The van der Waals surface area contributed by atoms with Gasteiger partial charge in [0.2, 0.25) is 0 Å². The van der Waals surface area contributed by atoms with Crippen molar-refractivity contribution < 1.29 is 9.53 Å². The molecule has 0 fully saturated rings. The van der Waals surface area contributed by atoms with Crippen LogP contribution >= 0.6 is 12.2 Å². The Morgan fingerprint density at radius 1 is 1.18 bits per heavy atom. The maximum atomic E-state index is 11.7. The van der Waals surface area contributed by atoms with Crippen LogP contribution in [-0.4, -0.2) is 23.4 Å². The highest BCUT2D eigenvalue weighted by molar-refractivity contribution is 7.80. The van der Waals surface area contributed by atoms with Gasteiger partial charge in [0.15, 0.2) is 5.11 Å². The molecule has 0 spiro atoms. The summed E-state index contributed by atoms with van der Waals surface area (Å²) >= 11 is 4.80. The van der Waals surface area contributed by atoms with Crippen LogP contribution in [0.3, 0.4) is 0 Å². The molecule has 5 nitrogen and oxygen atoms in total. The number of carbonyl (C=O) groups is 1. The van der Waals surface area contributed by atoms with Crippen molar-refractivity contribution >= 4 is 29.1 Å². The second kappa shape index (κ2) is 6.96. The molecule has 0 heterocycles. The van der Waals surface area contributed by atoms with Crippen molar-refractivity contribution in [1.29, 1.82) is 0 Å². The zero-order chi connectivity index (χ0) is 17.0. The molecule has 6 heteroatoms. The number of anilines is 1. The van der Waals surface area contributed by atoms with Gasteiger partial charge in [-0.1, -0.05) is 26.0 Å². The van der Waals surface area contributed by atoms with Crippen molar-refractivity contribution in [2.24, 2.45) is 5.73 Å². The van der Waals surface area contributed by atoms with E-state index in [-0.39, 0.29) is 10.5 Å². The number of nitrogens with two attached hydrogens (primary N) is 1. The van der Waals surface area contributed by atoms with E-state index in [1.54, 1.807) is 0 Å². The molecule has 0 saturated carbocycles. The van der Waals surface area contributed by atoms with Crippen LogP contribution < -0.4 is 16.4 Å². The van der Waals surface area contributed by atoms with E-state index in [0.717, 1.165) is 11.3 Å². The lowest BCUT2D eigenvalue weighted by Crippen LogP contribution is -2.39. The third-order valence-electron chi connectivity index (χ3n) is 3.01. The summed E-state index contributed by atoms with van der Waals surface area (Å²) in [5.41, 5.74) is 6.65. The highest BCUT2D eigenvalue weighted by Crippen LogP contribution is 2.24. The molecule has 0 atom stereocenters. The lowest BCUT2D eigenvalue weighted by molar-refractivity contribution is 0.0517. The van der Waals surface area contributed by atoms with Gasteiger partial charge in [-0.2, -0.15) is 0 Å². The maximum Gasteiger partial charge on any atom is 0.407 e. The summed E-state index contributed by atoms with van der Waals surface area (Å²) in [5.74, 6) is 0. The fourth-order valence-corrected chi connectivity index (χ4v) is 1.97. The number of hydrogen-bond donors (Lipinski definition) is 3. The number of ether oxygens (including phenoxy) is 1. The zero-order valence-corrected chi connectivity index (χ0v) is 14.6. The number of alkyl carbamates (subject to hydrolysis) is 1. The Balaban J connectivity index is 2.65. The number of rotatable bonds is 4. The van der Waals surface area contributed by atoms with Gasteiger partial charge in [-0.25, -0.2) is 4.79 Å². The molecule has 0 aliphatic carbocycles. The first-order valence-corrected chi connectivity index (χ1v) is 7.54. The van der Waals surface area contributed by atoms with Gasteiger partial charge in [0, 0.05) is 17.6 Å². The van der Waals surface area contributed by atoms with Crippen molar-refractivity contribution in [3.8, 4) is 0 Å². The molecule has 122 valence electrons. The Morgan fingerprint density at radius 3 is 2.18 bits per heavy atom. The van der Waals surface area contributed by atoms with Crippen LogP contribution in [0, 0.1) is 0 Å². The maximum absolute atomic E-state index is 11.7. The number of hydrogen-bond acceptors (Lipinski definition) is 3. The molecule has 1 aromatic carbocycles. The molecule has 0 bridgehead atoms. The molecule has 0 aliphatic rings. The molecule has 0 unspecified atom stereocenters. The van der Waals surface area contributed by atoms with Crippen molar-refractivity contribution in [2.75, 3.05) is 11.9 Å². The Kier molecular flexibility index (Phi) is 5.77. The van der Waals surface area contributed by atoms with Gasteiger partial charge < -0.3 is 21.1 Å². The average molecular weight is 323 g/mol. The van der Waals surface area contributed by atoms with Crippen LogP contribution in [0.1, 0.15) is 40.2 Å². The predicted molar refractivity (Wildman–Crippen MR) is 94.1 cm³/mol. The summed E-state index contributed by atoms with van der Waals surface area (Å²) in [6.45, 7) is 10.1. The number of thiocarbonyl (C=S) groups is 1. The molecule has 1 amide bonds. The molecule has 0 saturated heterocycles. The minimum absolute atomic E-state index is 0.224. The van der Waals surface area contributed by atoms with E-state index in [9.17, 15) is 4.79 Å². The van der Waals surface area contributed by atoms with E-state index < -0.39 is 11.7 Å². The van der Waals surface area contributed by atoms with Crippen molar-refractivity contribution in [2.45, 2.75) is 45.6 Å². The molecular formula is C16H25N3O2S. The van der Waals surface area contributed by atoms with Crippen LogP contribution in [0.5, 0.6) is 0 Å². The van der Waals surface area contributed by atoms with E-state index >= 15 is 0 Å². The summed E-state index contributed by atoms with van der Waals surface area (Å²) in [6, 6.07) is 7.78. The number of benzene rings is 1. The Morgan fingerprint density at radius 2 is 1.73 bits per heavy atom. The Hall–Kier alpha value is -1.82.